The second-order valence-corrected chi connectivity index (χ2v) is 3.56. The molecule has 0 spiro atoms. The summed E-state index contributed by atoms with van der Waals surface area (Å²) in [5, 5.41) is 8.43. The Hall–Kier alpha value is -1.98. The summed E-state index contributed by atoms with van der Waals surface area (Å²) < 4.78 is 9.66. The molecule has 6 nitrogen and oxygen atoms in total. The zero-order valence-electron chi connectivity index (χ0n) is 8.46. The highest BCUT2D eigenvalue weighted by Crippen LogP contribution is 2.17. The molecule has 1 fully saturated rings. The van der Waals surface area contributed by atoms with Gasteiger partial charge in [0.2, 0.25) is 5.91 Å². The first-order valence-electron chi connectivity index (χ1n) is 4.85. The van der Waals surface area contributed by atoms with Gasteiger partial charge >= 0.3 is 6.16 Å². The maximum absolute atomic E-state index is 11.5. The van der Waals surface area contributed by atoms with Gasteiger partial charge in [-0.15, -0.1) is 0 Å². The van der Waals surface area contributed by atoms with Crippen LogP contribution in [0, 0.1) is 0 Å². The first-order chi connectivity index (χ1) is 7.65. The van der Waals surface area contributed by atoms with Gasteiger partial charge in [0.05, 0.1) is 25.8 Å². The average molecular weight is 225 g/mol. The summed E-state index contributed by atoms with van der Waals surface area (Å²) in [5.74, 6) is 0.548. The van der Waals surface area contributed by atoms with E-state index in [4.69, 9.17) is 9.52 Å². The zero-order chi connectivity index (χ0) is 11.5. The monoisotopic (exact) mass is 225 g/mol. The fourth-order valence-electron chi connectivity index (χ4n) is 1.70. The normalized spacial score (nSPS) is 20.1. The van der Waals surface area contributed by atoms with Crippen LogP contribution in [0.5, 0.6) is 0 Å². The molecule has 0 radical (unpaired) electrons. The topological polar surface area (TPSA) is 80.0 Å². The average Bonchev–Trinajstić information content (AvgIpc) is 2.77. The molecule has 86 valence electrons. The molecule has 1 N–H and O–H groups in total. The van der Waals surface area contributed by atoms with Gasteiger partial charge in [-0.3, -0.25) is 4.79 Å². The van der Waals surface area contributed by atoms with Gasteiger partial charge in [0, 0.05) is 0 Å². The van der Waals surface area contributed by atoms with Crippen molar-refractivity contribution in [2.45, 2.75) is 19.1 Å². The molecule has 16 heavy (non-hydrogen) atoms. The van der Waals surface area contributed by atoms with Crippen molar-refractivity contribution in [3.8, 4) is 0 Å². The van der Waals surface area contributed by atoms with E-state index in [1.165, 1.54) is 11.2 Å². The predicted octanol–water partition coefficient (Wildman–Crippen LogP) is 1.08. The molecule has 2 heterocycles. The number of carbonyl (C=O) groups is 2. The van der Waals surface area contributed by atoms with Gasteiger partial charge in [-0.25, -0.2) is 4.79 Å². The molecule has 1 saturated heterocycles. The summed E-state index contributed by atoms with van der Waals surface area (Å²) in [5.41, 5.74) is 0. The van der Waals surface area contributed by atoms with E-state index >= 15 is 0 Å². The summed E-state index contributed by atoms with van der Waals surface area (Å²) >= 11 is 0. The Bertz CT molecular complexity index is 386. The zero-order valence-corrected chi connectivity index (χ0v) is 8.46. The van der Waals surface area contributed by atoms with Crippen LogP contribution < -0.4 is 0 Å². The van der Waals surface area contributed by atoms with Gasteiger partial charge in [-0.1, -0.05) is 0 Å². The lowest BCUT2D eigenvalue weighted by Gasteiger charge is -2.14. The molecule has 1 aromatic heterocycles. The number of likely N-dealkylation sites (tertiary alicyclic amines) is 1. The third kappa shape index (κ3) is 2.33. The molecule has 0 aliphatic carbocycles. The van der Waals surface area contributed by atoms with Crippen molar-refractivity contribution in [1.82, 2.24) is 4.90 Å². The summed E-state index contributed by atoms with van der Waals surface area (Å²) in [6, 6.07) is 3.50. The van der Waals surface area contributed by atoms with Crippen LogP contribution in [0.2, 0.25) is 0 Å². The Balaban J connectivity index is 1.92. The second kappa shape index (κ2) is 4.26. The van der Waals surface area contributed by atoms with Crippen LogP contribution in [-0.2, 0) is 16.1 Å². The maximum Gasteiger partial charge on any atom is 0.506 e. The molecule has 6 heteroatoms. The van der Waals surface area contributed by atoms with Crippen LogP contribution in [0.15, 0.2) is 22.8 Å². The third-order valence-electron chi connectivity index (χ3n) is 2.37. The van der Waals surface area contributed by atoms with E-state index in [1.807, 2.05) is 0 Å². The number of hydrogen-bond donors (Lipinski definition) is 1. The van der Waals surface area contributed by atoms with E-state index in [2.05, 4.69) is 4.74 Å². The highest BCUT2D eigenvalue weighted by atomic mass is 16.7. The van der Waals surface area contributed by atoms with E-state index in [0.717, 1.165) is 0 Å². The Morgan fingerprint density at radius 3 is 3.12 bits per heavy atom. The number of carboxylic acid groups (broad SMARTS) is 1. The van der Waals surface area contributed by atoms with E-state index in [9.17, 15) is 9.59 Å². The Morgan fingerprint density at radius 1 is 1.69 bits per heavy atom. The van der Waals surface area contributed by atoms with Gasteiger partial charge in [-0.2, -0.15) is 0 Å². The van der Waals surface area contributed by atoms with Crippen LogP contribution in [0.1, 0.15) is 12.2 Å². The molecule has 1 aliphatic rings. The van der Waals surface area contributed by atoms with Gasteiger partial charge in [0.15, 0.2) is 0 Å². The number of nitrogens with zero attached hydrogens (tertiary/aromatic N) is 1. The lowest BCUT2D eigenvalue weighted by Crippen LogP contribution is -2.26. The highest BCUT2D eigenvalue weighted by Gasteiger charge is 2.32. The van der Waals surface area contributed by atoms with Crippen LogP contribution >= 0.6 is 0 Å². The van der Waals surface area contributed by atoms with Crippen molar-refractivity contribution >= 4 is 12.1 Å². The number of carbonyl (C=O) groups excluding carboxylic acids is 1. The number of hydrogen-bond acceptors (Lipinski definition) is 4. The molecule has 1 aromatic rings. The van der Waals surface area contributed by atoms with Crippen LogP contribution in [-0.4, -0.2) is 34.7 Å². The summed E-state index contributed by atoms with van der Waals surface area (Å²) in [7, 11) is 0. The summed E-state index contributed by atoms with van der Waals surface area (Å²) in [4.78, 5) is 23.3. The molecule has 0 saturated carbocycles. The highest BCUT2D eigenvalue weighted by molar-refractivity contribution is 5.79. The Kier molecular flexibility index (Phi) is 2.80. The summed E-state index contributed by atoms with van der Waals surface area (Å²) in [6.45, 7) is 0.636. The van der Waals surface area contributed by atoms with Crippen LogP contribution in [0.25, 0.3) is 0 Å². The Labute approximate surface area is 91.4 Å². The second-order valence-electron chi connectivity index (χ2n) is 3.56. The maximum atomic E-state index is 11.5. The number of furan rings is 1. The first-order valence-corrected chi connectivity index (χ1v) is 4.85. The van der Waals surface area contributed by atoms with E-state index in [-0.39, 0.29) is 18.9 Å². The number of ether oxygens (including phenoxy) is 1. The molecule has 1 aliphatic heterocycles. The largest absolute Gasteiger partial charge is 0.506 e. The third-order valence-corrected chi connectivity index (χ3v) is 2.37. The fraction of sp³-hybridized carbons (Fsp3) is 0.400. The fourth-order valence-corrected chi connectivity index (χ4v) is 1.70. The first kappa shape index (κ1) is 10.5. The smallest absolute Gasteiger partial charge is 0.467 e. The van der Waals surface area contributed by atoms with Gasteiger partial charge in [-0.05, 0) is 12.1 Å². The van der Waals surface area contributed by atoms with Crippen molar-refractivity contribution in [3.05, 3.63) is 24.2 Å². The molecule has 1 atom stereocenters. The standard InChI is InChI=1S/C10H11NO5/c12-9-4-8(16-10(13)14)6-11(9)5-7-2-1-3-15-7/h1-3,8H,4-6H2,(H,13,14). The van der Waals surface area contributed by atoms with Crippen molar-refractivity contribution in [1.29, 1.82) is 0 Å². The molecule has 1 amide bonds. The quantitative estimate of drug-likeness (QED) is 0.778. The number of rotatable bonds is 3. The molecular weight excluding hydrogens is 214 g/mol. The molecule has 2 rings (SSSR count). The van der Waals surface area contributed by atoms with E-state index < -0.39 is 12.3 Å². The van der Waals surface area contributed by atoms with Gasteiger partial charge < -0.3 is 19.2 Å². The lowest BCUT2D eigenvalue weighted by molar-refractivity contribution is -0.128. The van der Waals surface area contributed by atoms with Crippen molar-refractivity contribution in [2.75, 3.05) is 6.54 Å². The predicted molar refractivity (Wildman–Crippen MR) is 51.6 cm³/mol. The SMILES string of the molecule is O=C(O)OC1CC(=O)N(Cc2ccco2)C1. The summed E-state index contributed by atoms with van der Waals surface area (Å²) in [6.07, 6.45) is -0.286. The Morgan fingerprint density at radius 2 is 2.50 bits per heavy atom. The minimum Gasteiger partial charge on any atom is -0.467 e. The molecular formula is C10H11NO5. The van der Waals surface area contributed by atoms with Gasteiger partial charge in [0.1, 0.15) is 11.9 Å². The minimum absolute atomic E-state index is 0.104. The van der Waals surface area contributed by atoms with E-state index in [0.29, 0.717) is 12.3 Å². The van der Waals surface area contributed by atoms with Crippen LogP contribution in [0.3, 0.4) is 0 Å². The molecule has 0 bridgehead atoms. The van der Waals surface area contributed by atoms with Gasteiger partial charge in [0.25, 0.3) is 0 Å². The number of amides is 1. The minimum atomic E-state index is -1.35. The molecule has 1 unspecified atom stereocenters. The van der Waals surface area contributed by atoms with E-state index in [1.54, 1.807) is 12.1 Å². The lowest BCUT2D eigenvalue weighted by atomic mass is 10.3. The molecule has 0 aromatic carbocycles. The van der Waals surface area contributed by atoms with Crippen molar-refractivity contribution in [3.63, 3.8) is 0 Å². The van der Waals surface area contributed by atoms with Crippen molar-refractivity contribution in [2.24, 2.45) is 0 Å². The van der Waals surface area contributed by atoms with Crippen LogP contribution in [0.4, 0.5) is 4.79 Å². The van der Waals surface area contributed by atoms with Crippen molar-refractivity contribution < 1.29 is 23.8 Å².